The molecule has 0 aliphatic heterocycles. The van der Waals surface area contributed by atoms with Gasteiger partial charge in [-0.05, 0) is 35.0 Å². The van der Waals surface area contributed by atoms with Crippen molar-refractivity contribution in [1.82, 2.24) is 0 Å². The van der Waals surface area contributed by atoms with Crippen molar-refractivity contribution < 1.29 is 4.79 Å². The van der Waals surface area contributed by atoms with Gasteiger partial charge in [0.25, 0.3) is 0 Å². The Morgan fingerprint density at radius 1 is 1.77 bits per heavy atom. The second-order valence-electron chi connectivity index (χ2n) is 2.56. The molecule has 0 unspecified atom stereocenters. The number of amides is 1. The third-order valence-corrected chi connectivity index (χ3v) is 4.52. The van der Waals surface area contributed by atoms with Crippen LogP contribution in [0.2, 0.25) is 0 Å². The van der Waals surface area contributed by atoms with Crippen LogP contribution in [0, 0.1) is 0 Å². The molecule has 0 spiro atoms. The molecule has 2 nitrogen and oxygen atoms in total. The molecular weight excluding hydrogens is 270 g/mol. The van der Waals surface area contributed by atoms with Gasteiger partial charge in [-0.15, -0.1) is 23.1 Å². The molecule has 0 bridgehead atoms. The Kier molecular flexibility index (Phi) is 4.28. The molecule has 1 aromatic rings. The first-order chi connectivity index (χ1) is 6.09. The standard InChI is InChI=1S/C8H10BrNOS2/c1-5(8(10)11)12-4-6-2-3-7(9)13-6/h2-3,5H,4H2,1H3,(H2,10,11)/t5-/m1/s1. The van der Waals surface area contributed by atoms with Crippen LogP contribution >= 0.6 is 39.0 Å². The highest BCUT2D eigenvalue weighted by molar-refractivity contribution is 9.11. The van der Waals surface area contributed by atoms with E-state index in [1.807, 2.05) is 13.0 Å². The SMILES string of the molecule is C[C@@H](SCc1ccc(Br)s1)C(N)=O. The van der Waals surface area contributed by atoms with Crippen molar-refractivity contribution in [3.63, 3.8) is 0 Å². The fourth-order valence-corrected chi connectivity index (χ4v) is 3.11. The van der Waals surface area contributed by atoms with Crippen LogP contribution in [0.15, 0.2) is 15.9 Å². The maximum Gasteiger partial charge on any atom is 0.230 e. The first-order valence-corrected chi connectivity index (χ1v) is 6.40. The van der Waals surface area contributed by atoms with Gasteiger partial charge in [0.05, 0.1) is 9.04 Å². The molecule has 0 fully saturated rings. The summed E-state index contributed by atoms with van der Waals surface area (Å²) in [5.41, 5.74) is 5.14. The fraction of sp³-hybridized carbons (Fsp3) is 0.375. The summed E-state index contributed by atoms with van der Waals surface area (Å²) in [5.74, 6) is 0.598. The van der Waals surface area contributed by atoms with Crippen molar-refractivity contribution in [2.45, 2.75) is 17.9 Å². The second-order valence-corrected chi connectivity index (χ2v) is 6.44. The van der Waals surface area contributed by atoms with Gasteiger partial charge in [0.2, 0.25) is 5.91 Å². The van der Waals surface area contributed by atoms with Gasteiger partial charge < -0.3 is 5.73 Å². The van der Waals surface area contributed by atoms with Crippen LogP contribution in [0.4, 0.5) is 0 Å². The van der Waals surface area contributed by atoms with E-state index in [0.29, 0.717) is 0 Å². The summed E-state index contributed by atoms with van der Waals surface area (Å²) in [6.45, 7) is 1.83. The number of thiophene rings is 1. The number of nitrogens with two attached hydrogens (primary N) is 1. The fourth-order valence-electron chi connectivity index (χ4n) is 0.719. The van der Waals surface area contributed by atoms with Crippen molar-refractivity contribution in [2.24, 2.45) is 5.73 Å². The molecule has 0 aromatic carbocycles. The zero-order valence-electron chi connectivity index (χ0n) is 7.12. The van der Waals surface area contributed by atoms with E-state index in [2.05, 4.69) is 22.0 Å². The lowest BCUT2D eigenvalue weighted by atomic mass is 10.5. The summed E-state index contributed by atoms with van der Waals surface area (Å²) in [4.78, 5) is 12.0. The van der Waals surface area contributed by atoms with Crippen LogP contribution in [-0.4, -0.2) is 11.2 Å². The number of carbonyl (C=O) groups is 1. The first kappa shape index (κ1) is 11.1. The average molecular weight is 280 g/mol. The van der Waals surface area contributed by atoms with Crippen LogP contribution < -0.4 is 5.73 Å². The number of hydrogen-bond acceptors (Lipinski definition) is 3. The van der Waals surface area contributed by atoms with Crippen LogP contribution in [0.25, 0.3) is 0 Å². The molecule has 13 heavy (non-hydrogen) atoms. The van der Waals surface area contributed by atoms with Gasteiger partial charge in [-0.3, -0.25) is 4.79 Å². The molecule has 1 rings (SSSR count). The van der Waals surface area contributed by atoms with E-state index in [4.69, 9.17) is 5.73 Å². The predicted molar refractivity (Wildman–Crippen MR) is 62.0 cm³/mol. The summed E-state index contributed by atoms with van der Waals surface area (Å²) >= 11 is 6.64. The number of carbonyl (C=O) groups excluding carboxylic acids is 1. The van der Waals surface area contributed by atoms with E-state index in [-0.39, 0.29) is 11.2 Å². The van der Waals surface area contributed by atoms with Gasteiger partial charge in [-0.25, -0.2) is 0 Å². The molecule has 0 aliphatic rings. The molecule has 72 valence electrons. The third kappa shape index (κ3) is 3.70. The lowest BCUT2D eigenvalue weighted by Gasteiger charge is -2.04. The molecule has 0 saturated heterocycles. The lowest BCUT2D eigenvalue weighted by molar-refractivity contribution is -0.117. The normalized spacial score (nSPS) is 12.8. The van der Waals surface area contributed by atoms with E-state index in [1.54, 1.807) is 23.1 Å². The minimum Gasteiger partial charge on any atom is -0.369 e. The Bertz CT molecular complexity index is 300. The van der Waals surface area contributed by atoms with Gasteiger partial charge in [-0.1, -0.05) is 0 Å². The first-order valence-electron chi connectivity index (χ1n) is 3.74. The van der Waals surface area contributed by atoms with Gasteiger partial charge in [0, 0.05) is 10.6 Å². The van der Waals surface area contributed by atoms with Gasteiger partial charge in [-0.2, -0.15) is 0 Å². The number of halogens is 1. The minimum absolute atomic E-state index is 0.110. The predicted octanol–water partition coefficient (Wildman–Crippen LogP) is 2.62. The van der Waals surface area contributed by atoms with Crippen LogP contribution in [-0.2, 0) is 10.5 Å². The molecule has 5 heteroatoms. The van der Waals surface area contributed by atoms with Crippen LogP contribution in [0.5, 0.6) is 0 Å². The molecule has 0 radical (unpaired) electrons. The monoisotopic (exact) mass is 279 g/mol. The van der Waals surface area contributed by atoms with Crippen molar-refractivity contribution >= 4 is 44.9 Å². The molecule has 1 atom stereocenters. The molecule has 1 heterocycles. The Morgan fingerprint density at radius 3 is 2.92 bits per heavy atom. The summed E-state index contributed by atoms with van der Waals surface area (Å²) in [6.07, 6.45) is 0. The van der Waals surface area contributed by atoms with E-state index in [0.717, 1.165) is 9.54 Å². The van der Waals surface area contributed by atoms with Gasteiger partial charge >= 0.3 is 0 Å². The minimum atomic E-state index is -0.249. The largest absolute Gasteiger partial charge is 0.369 e. The summed E-state index contributed by atoms with van der Waals surface area (Å²) in [5, 5.41) is -0.110. The number of primary amides is 1. The highest BCUT2D eigenvalue weighted by Crippen LogP contribution is 2.26. The van der Waals surface area contributed by atoms with E-state index >= 15 is 0 Å². The number of thioether (sulfide) groups is 1. The van der Waals surface area contributed by atoms with Crippen molar-refractivity contribution in [3.8, 4) is 0 Å². The quantitative estimate of drug-likeness (QED) is 0.921. The molecule has 1 amide bonds. The molecular formula is C8H10BrNOS2. The van der Waals surface area contributed by atoms with Gasteiger partial charge in [0.1, 0.15) is 0 Å². The molecule has 0 saturated carbocycles. The smallest absolute Gasteiger partial charge is 0.230 e. The zero-order valence-corrected chi connectivity index (χ0v) is 10.3. The Labute approximate surface area is 94.0 Å². The summed E-state index contributed by atoms with van der Waals surface area (Å²) in [7, 11) is 0. The highest BCUT2D eigenvalue weighted by Gasteiger charge is 2.09. The molecule has 1 aromatic heterocycles. The lowest BCUT2D eigenvalue weighted by Crippen LogP contribution is -2.22. The Balaban J connectivity index is 2.39. The molecule has 0 aliphatic carbocycles. The van der Waals surface area contributed by atoms with Gasteiger partial charge in [0.15, 0.2) is 0 Å². The van der Waals surface area contributed by atoms with Crippen LogP contribution in [0.1, 0.15) is 11.8 Å². The topological polar surface area (TPSA) is 43.1 Å². The second kappa shape index (κ2) is 5.02. The van der Waals surface area contributed by atoms with E-state index in [1.165, 1.54) is 4.88 Å². The Morgan fingerprint density at radius 2 is 2.46 bits per heavy atom. The third-order valence-electron chi connectivity index (χ3n) is 1.51. The zero-order chi connectivity index (χ0) is 9.84. The summed E-state index contributed by atoms with van der Waals surface area (Å²) in [6, 6.07) is 4.06. The maximum absolute atomic E-state index is 10.7. The van der Waals surface area contributed by atoms with Crippen molar-refractivity contribution in [3.05, 3.63) is 20.8 Å². The number of hydrogen-bond donors (Lipinski definition) is 1. The van der Waals surface area contributed by atoms with E-state index < -0.39 is 0 Å². The summed E-state index contributed by atoms with van der Waals surface area (Å²) < 4.78 is 1.12. The highest BCUT2D eigenvalue weighted by atomic mass is 79.9. The van der Waals surface area contributed by atoms with Crippen LogP contribution in [0.3, 0.4) is 0 Å². The Hall–Kier alpha value is -0.000000000000000111. The number of rotatable bonds is 4. The van der Waals surface area contributed by atoms with E-state index in [9.17, 15) is 4.79 Å². The molecule has 2 N–H and O–H groups in total. The average Bonchev–Trinajstić information content (AvgIpc) is 2.47. The maximum atomic E-state index is 10.7. The van der Waals surface area contributed by atoms with Crippen molar-refractivity contribution in [1.29, 1.82) is 0 Å². The van der Waals surface area contributed by atoms with Crippen molar-refractivity contribution in [2.75, 3.05) is 0 Å².